The minimum Gasteiger partial charge on any atom is -0.419 e. The second-order valence-electron chi connectivity index (χ2n) is 5.18. The van der Waals surface area contributed by atoms with E-state index in [9.17, 15) is 13.2 Å². The number of aromatic nitrogens is 4. The average molecular weight is 373 g/mol. The molecule has 0 bridgehead atoms. The lowest BCUT2D eigenvalue weighted by atomic mass is 10.2. The monoisotopic (exact) mass is 372 g/mol. The van der Waals surface area contributed by atoms with Gasteiger partial charge < -0.3 is 9.52 Å². The normalized spacial score (nSPS) is 11.9. The smallest absolute Gasteiger partial charge is 0.419 e. The summed E-state index contributed by atoms with van der Waals surface area (Å²) in [5.41, 5.74) is -0.480. The van der Waals surface area contributed by atoms with Crippen LogP contribution in [0.5, 0.6) is 0 Å². The lowest BCUT2D eigenvalue weighted by Crippen LogP contribution is -2.11. The van der Waals surface area contributed by atoms with Crippen molar-refractivity contribution in [3.63, 3.8) is 0 Å². The maximum absolute atomic E-state index is 13.0. The highest BCUT2D eigenvalue weighted by atomic mass is 35.5. The number of hydrogen-bond acceptors (Lipinski definition) is 5. The van der Waals surface area contributed by atoms with Gasteiger partial charge in [-0.1, -0.05) is 11.6 Å². The van der Waals surface area contributed by atoms with Crippen LogP contribution in [0.2, 0.25) is 5.02 Å². The summed E-state index contributed by atoms with van der Waals surface area (Å²) in [6, 6.07) is 6.69. The van der Waals surface area contributed by atoms with E-state index in [2.05, 4.69) is 15.3 Å². The van der Waals surface area contributed by atoms with Crippen LogP contribution >= 0.6 is 11.6 Å². The Labute approximate surface area is 144 Å². The molecular formula is C15H12ClF3N4O2. The molecule has 0 spiro atoms. The first-order valence-electron chi connectivity index (χ1n) is 7.19. The van der Waals surface area contributed by atoms with Crippen molar-refractivity contribution in [1.82, 2.24) is 20.0 Å². The van der Waals surface area contributed by atoms with Gasteiger partial charge in [-0.15, -0.1) is 10.2 Å². The van der Waals surface area contributed by atoms with Crippen LogP contribution in [0.1, 0.15) is 17.1 Å². The molecule has 25 heavy (non-hydrogen) atoms. The molecule has 0 aliphatic heterocycles. The Balaban J connectivity index is 1.82. The number of benzene rings is 1. The molecule has 10 heteroatoms. The van der Waals surface area contributed by atoms with E-state index in [1.807, 2.05) is 0 Å². The van der Waals surface area contributed by atoms with Crippen molar-refractivity contribution in [2.24, 2.45) is 0 Å². The third-order valence-corrected chi connectivity index (χ3v) is 3.59. The van der Waals surface area contributed by atoms with E-state index >= 15 is 0 Å². The second kappa shape index (κ2) is 6.85. The van der Waals surface area contributed by atoms with Gasteiger partial charge in [0.2, 0.25) is 11.8 Å². The summed E-state index contributed by atoms with van der Waals surface area (Å²) in [7, 11) is 0. The molecule has 0 radical (unpaired) electrons. The van der Waals surface area contributed by atoms with Crippen molar-refractivity contribution in [2.45, 2.75) is 19.1 Å². The molecule has 0 saturated carbocycles. The van der Waals surface area contributed by atoms with Crippen molar-refractivity contribution in [3.8, 4) is 11.5 Å². The lowest BCUT2D eigenvalue weighted by Gasteiger charge is -2.04. The largest absolute Gasteiger partial charge is 0.435 e. The summed E-state index contributed by atoms with van der Waals surface area (Å²) in [5.74, 6) is 0.335. The van der Waals surface area contributed by atoms with Gasteiger partial charge in [0.05, 0.1) is 0 Å². The van der Waals surface area contributed by atoms with Gasteiger partial charge in [0, 0.05) is 29.0 Å². The van der Waals surface area contributed by atoms with Crippen molar-refractivity contribution >= 4 is 11.6 Å². The van der Waals surface area contributed by atoms with Crippen LogP contribution in [-0.4, -0.2) is 31.7 Å². The van der Waals surface area contributed by atoms with Gasteiger partial charge in [0.15, 0.2) is 5.69 Å². The Morgan fingerprint density at radius 2 is 1.88 bits per heavy atom. The zero-order valence-electron chi connectivity index (χ0n) is 12.7. The molecule has 2 aromatic heterocycles. The van der Waals surface area contributed by atoms with Gasteiger partial charge in [-0.2, -0.15) is 18.3 Å². The molecule has 6 nitrogen and oxygen atoms in total. The molecule has 0 atom stereocenters. The summed E-state index contributed by atoms with van der Waals surface area (Å²) in [6.45, 7) is -0.523. The summed E-state index contributed by atoms with van der Waals surface area (Å²) in [6.07, 6.45) is -3.53. The fourth-order valence-electron chi connectivity index (χ4n) is 2.25. The Kier molecular flexibility index (Phi) is 4.78. The maximum atomic E-state index is 13.0. The van der Waals surface area contributed by atoms with Crippen LogP contribution in [0.15, 0.2) is 34.9 Å². The minimum absolute atomic E-state index is 0.0903. The van der Waals surface area contributed by atoms with E-state index in [1.54, 1.807) is 24.3 Å². The Bertz CT molecular complexity index is 859. The van der Waals surface area contributed by atoms with Gasteiger partial charge in [-0.3, -0.25) is 4.68 Å². The quantitative estimate of drug-likeness (QED) is 0.744. The molecule has 0 fully saturated rings. The zero-order valence-corrected chi connectivity index (χ0v) is 13.4. The summed E-state index contributed by atoms with van der Waals surface area (Å²) in [4.78, 5) is 0. The number of aliphatic hydroxyl groups is 1. The van der Waals surface area contributed by atoms with Crippen LogP contribution in [0, 0.1) is 0 Å². The summed E-state index contributed by atoms with van der Waals surface area (Å²) < 4.78 is 45.4. The maximum Gasteiger partial charge on any atom is 0.435 e. The molecule has 2 heterocycles. The lowest BCUT2D eigenvalue weighted by molar-refractivity contribution is -0.142. The third kappa shape index (κ3) is 3.99. The Hall–Kier alpha value is -2.39. The number of aliphatic hydroxyl groups excluding tert-OH is 1. The van der Waals surface area contributed by atoms with Crippen LogP contribution in [0.4, 0.5) is 13.2 Å². The van der Waals surface area contributed by atoms with Crippen LogP contribution in [0.25, 0.3) is 11.5 Å². The molecule has 0 aliphatic carbocycles. The topological polar surface area (TPSA) is 77.0 Å². The highest BCUT2D eigenvalue weighted by molar-refractivity contribution is 6.30. The molecule has 0 aliphatic rings. The molecule has 3 aromatic rings. The van der Waals surface area contributed by atoms with E-state index in [0.29, 0.717) is 10.6 Å². The first-order chi connectivity index (χ1) is 11.9. The highest BCUT2D eigenvalue weighted by Crippen LogP contribution is 2.31. The van der Waals surface area contributed by atoms with Crippen molar-refractivity contribution in [2.75, 3.05) is 6.61 Å². The van der Waals surface area contributed by atoms with Gasteiger partial charge in [0.1, 0.15) is 6.54 Å². The van der Waals surface area contributed by atoms with Gasteiger partial charge in [-0.25, -0.2) is 0 Å². The van der Waals surface area contributed by atoms with Crippen LogP contribution in [-0.2, 0) is 19.1 Å². The summed E-state index contributed by atoms with van der Waals surface area (Å²) in [5, 5.41) is 20.7. The van der Waals surface area contributed by atoms with E-state index in [4.69, 9.17) is 21.1 Å². The van der Waals surface area contributed by atoms with Crippen molar-refractivity contribution in [3.05, 3.63) is 52.6 Å². The predicted molar refractivity (Wildman–Crippen MR) is 81.9 cm³/mol. The van der Waals surface area contributed by atoms with Crippen LogP contribution < -0.4 is 0 Å². The number of hydrogen-bond donors (Lipinski definition) is 1. The average Bonchev–Trinajstić information content (AvgIpc) is 3.16. The standard InChI is InChI=1S/C15H12ClF3N4O2/c16-11-3-1-9(2-4-11)14-21-20-12(25-14)8-23-7-10(5-6-24)13(22-23)15(17,18)19/h1-4,7,24H,5-6,8H2. The van der Waals surface area contributed by atoms with Gasteiger partial charge >= 0.3 is 6.18 Å². The minimum atomic E-state index is -4.60. The summed E-state index contributed by atoms with van der Waals surface area (Å²) >= 11 is 5.80. The van der Waals surface area contributed by atoms with Crippen LogP contribution in [0.3, 0.4) is 0 Å². The molecule has 1 aromatic carbocycles. The SMILES string of the molecule is OCCc1cn(Cc2nnc(-c3ccc(Cl)cc3)o2)nc1C(F)(F)F. The highest BCUT2D eigenvalue weighted by Gasteiger charge is 2.37. The molecular weight excluding hydrogens is 361 g/mol. The van der Waals surface area contributed by atoms with Crippen molar-refractivity contribution in [1.29, 1.82) is 0 Å². The molecule has 0 amide bonds. The predicted octanol–water partition coefficient (Wildman–Crippen LogP) is 3.19. The Morgan fingerprint density at radius 1 is 1.16 bits per heavy atom. The van der Waals surface area contributed by atoms with Gasteiger partial charge in [-0.05, 0) is 30.7 Å². The second-order valence-corrected chi connectivity index (χ2v) is 5.62. The molecule has 0 saturated heterocycles. The van der Waals surface area contributed by atoms with E-state index < -0.39 is 18.5 Å². The number of alkyl halides is 3. The first kappa shape index (κ1) is 17.4. The molecule has 1 N–H and O–H groups in total. The van der Waals surface area contributed by atoms with E-state index in [0.717, 1.165) is 4.68 Å². The number of halogens is 4. The van der Waals surface area contributed by atoms with Crippen molar-refractivity contribution < 1.29 is 22.7 Å². The first-order valence-corrected chi connectivity index (χ1v) is 7.57. The van der Waals surface area contributed by atoms with E-state index in [1.165, 1.54) is 6.20 Å². The fourth-order valence-corrected chi connectivity index (χ4v) is 2.38. The molecule has 0 unspecified atom stereocenters. The zero-order chi connectivity index (χ0) is 18.0. The molecule has 3 rings (SSSR count). The number of rotatable bonds is 5. The third-order valence-electron chi connectivity index (χ3n) is 3.34. The molecule has 132 valence electrons. The fraction of sp³-hybridized carbons (Fsp3) is 0.267. The Morgan fingerprint density at radius 3 is 2.52 bits per heavy atom. The number of nitrogens with zero attached hydrogens (tertiary/aromatic N) is 4. The van der Waals surface area contributed by atoms with E-state index in [-0.39, 0.29) is 30.3 Å². The van der Waals surface area contributed by atoms with Gasteiger partial charge in [0.25, 0.3) is 0 Å².